The number of nitrogens with one attached hydrogen (secondary N) is 1. The van der Waals surface area contributed by atoms with Gasteiger partial charge in [0.1, 0.15) is 6.04 Å². The van der Waals surface area contributed by atoms with Gasteiger partial charge in [-0.15, -0.1) is 0 Å². The van der Waals surface area contributed by atoms with Crippen molar-refractivity contribution in [2.45, 2.75) is 50.2 Å². The third-order valence-corrected chi connectivity index (χ3v) is 5.15. The number of hydroxylamine groups is 2. The molecule has 8 nitrogen and oxygen atoms in total. The summed E-state index contributed by atoms with van der Waals surface area (Å²) in [5, 5.41) is 13.5. The molecule has 3 heterocycles. The highest BCUT2D eigenvalue weighted by Gasteiger charge is 2.46. The van der Waals surface area contributed by atoms with Crippen LogP contribution in [0.1, 0.15) is 32.1 Å². The molecule has 3 aliphatic heterocycles. The molecule has 3 fully saturated rings. The van der Waals surface area contributed by atoms with Gasteiger partial charge in [-0.05, 0) is 45.2 Å². The van der Waals surface area contributed by atoms with Crippen molar-refractivity contribution in [3.05, 3.63) is 0 Å². The van der Waals surface area contributed by atoms with Gasteiger partial charge in [0.05, 0.1) is 12.2 Å². The highest BCUT2D eigenvalue weighted by molar-refractivity contribution is 6.64. The van der Waals surface area contributed by atoms with Crippen molar-refractivity contribution in [1.82, 2.24) is 20.1 Å². The lowest BCUT2D eigenvalue weighted by molar-refractivity contribution is -0.126. The van der Waals surface area contributed by atoms with E-state index in [0.29, 0.717) is 26.8 Å². The van der Waals surface area contributed by atoms with Gasteiger partial charge in [-0.2, -0.15) is 0 Å². The summed E-state index contributed by atoms with van der Waals surface area (Å²) in [4.78, 5) is 38.7. The van der Waals surface area contributed by atoms with Gasteiger partial charge in [0.2, 0.25) is 5.91 Å². The molecule has 3 aliphatic rings. The second-order valence-corrected chi connectivity index (χ2v) is 6.63. The van der Waals surface area contributed by atoms with Gasteiger partial charge < -0.3 is 19.8 Å². The normalized spacial score (nSPS) is 31.7. The Labute approximate surface area is 136 Å². The third kappa shape index (κ3) is 3.35. The highest BCUT2D eigenvalue weighted by atomic mass is 16.5. The number of nitrogens with zero attached hydrogens (tertiary/aromatic N) is 3. The maximum atomic E-state index is 12.6. The van der Waals surface area contributed by atoms with Crippen LogP contribution in [0.2, 0.25) is 0 Å². The first-order valence-corrected chi connectivity index (χ1v) is 8.35. The van der Waals surface area contributed by atoms with E-state index in [1.807, 2.05) is 0 Å². The summed E-state index contributed by atoms with van der Waals surface area (Å²) in [5.41, 5.74) is 0. The summed E-state index contributed by atoms with van der Waals surface area (Å²) in [5.74, 6) is -0.124. The van der Waals surface area contributed by atoms with E-state index >= 15 is 0 Å². The van der Waals surface area contributed by atoms with Gasteiger partial charge in [0.25, 0.3) is 7.41 Å². The molecule has 0 saturated carbocycles. The summed E-state index contributed by atoms with van der Waals surface area (Å²) >= 11 is 0. The lowest BCUT2D eigenvalue weighted by Gasteiger charge is -2.30. The maximum absolute atomic E-state index is 12.6. The zero-order valence-electron chi connectivity index (χ0n) is 13.2. The van der Waals surface area contributed by atoms with Crippen molar-refractivity contribution in [3.8, 4) is 0 Å². The minimum atomic E-state index is -0.481. The second kappa shape index (κ2) is 6.88. The number of fused-ring (bicyclic) bond motifs is 2. The van der Waals surface area contributed by atoms with Crippen LogP contribution in [0.4, 0.5) is 4.79 Å². The molecule has 0 unspecified atom stereocenters. The molecule has 3 saturated heterocycles. The molecule has 2 N–H and O–H groups in total. The molecule has 23 heavy (non-hydrogen) atoms. The Morgan fingerprint density at radius 1 is 1.26 bits per heavy atom. The summed E-state index contributed by atoms with van der Waals surface area (Å²) in [6.45, 7) is 2.09. The first-order chi connectivity index (χ1) is 11.1. The van der Waals surface area contributed by atoms with Crippen molar-refractivity contribution in [3.63, 3.8) is 0 Å². The van der Waals surface area contributed by atoms with Gasteiger partial charge in [-0.3, -0.25) is 10.0 Å². The Hall–Kier alpha value is -1.61. The van der Waals surface area contributed by atoms with Crippen LogP contribution in [0.25, 0.3) is 0 Å². The van der Waals surface area contributed by atoms with Crippen molar-refractivity contribution in [1.29, 1.82) is 0 Å². The van der Waals surface area contributed by atoms with Crippen LogP contribution in [-0.4, -0.2) is 83.3 Å². The monoisotopic (exact) mass is 322 g/mol. The zero-order chi connectivity index (χ0) is 16.4. The predicted octanol–water partition coefficient (Wildman–Crippen LogP) is -0.843. The Morgan fingerprint density at radius 2 is 2.09 bits per heavy atom. The van der Waals surface area contributed by atoms with Gasteiger partial charge in [-0.1, -0.05) is 0 Å². The van der Waals surface area contributed by atoms with Crippen molar-refractivity contribution in [2.24, 2.45) is 0 Å². The van der Waals surface area contributed by atoms with E-state index in [-0.39, 0.29) is 18.0 Å². The Balaban J connectivity index is 1.55. The summed E-state index contributed by atoms with van der Waals surface area (Å²) in [7, 11) is 0.444. The molecule has 0 spiro atoms. The van der Waals surface area contributed by atoms with E-state index in [9.17, 15) is 19.6 Å². The molecule has 3 amide bonds. The number of urea groups is 1. The van der Waals surface area contributed by atoms with E-state index in [1.54, 1.807) is 0 Å². The molecular formula is C14H23BN4O4. The number of hydrogen-bond donors (Lipinski definition) is 2. The molecular weight excluding hydrogens is 299 g/mol. The number of hydrogen-bond acceptors (Lipinski definition) is 5. The number of rotatable bonds is 4. The minimum Gasteiger partial charge on any atom is -0.352 e. The van der Waals surface area contributed by atoms with E-state index in [4.69, 9.17) is 0 Å². The molecule has 9 heteroatoms. The molecule has 0 aliphatic carbocycles. The van der Waals surface area contributed by atoms with Gasteiger partial charge in [0.15, 0.2) is 0 Å². The van der Waals surface area contributed by atoms with Crippen LogP contribution < -0.4 is 5.32 Å². The topological polar surface area (TPSA) is 93.2 Å². The average Bonchev–Trinajstić information content (AvgIpc) is 2.72. The molecule has 0 aromatic carbocycles. The van der Waals surface area contributed by atoms with E-state index < -0.39 is 12.1 Å². The van der Waals surface area contributed by atoms with Crippen LogP contribution >= 0.6 is 0 Å². The average molecular weight is 322 g/mol. The fourth-order valence-corrected chi connectivity index (χ4v) is 3.81. The van der Waals surface area contributed by atoms with Crippen LogP contribution in [0, 0.1) is 0 Å². The maximum Gasteiger partial charge on any atom is 0.344 e. The van der Waals surface area contributed by atoms with Gasteiger partial charge >= 0.3 is 6.03 Å². The molecule has 2 bridgehead atoms. The largest absolute Gasteiger partial charge is 0.352 e. The van der Waals surface area contributed by atoms with E-state index in [1.165, 1.54) is 4.90 Å². The number of carbonyl (C=O) groups excluding carboxylic acids is 3. The van der Waals surface area contributed by atoms with Crippen molar-refractivity contribution < 1.29 is 19.6 Å². The molecule has 3 rings (SSSR count). The standard InChI is InChI=1S/C14H23BN4O4/c20-9-15-17-6-1-2-10(5-7-17)16-13(21)12-4-3-11-8-18(12)14(22)19(11)23/h9-12,15,23H,1-8H2,(H,16,21)/t10-,11-,12+/m1/s1. The lowest BCUT2D eigenvalue weighted by Crippen LogP contribution is -2.52. The number of piperidine rings is 1. The van der Waals surface area contributed by atoms with E-state index in [0.717, 1.165) is 43.6 Å². The van der Waals surface area contributed by atoms with Crippen LogP contribution in [0.3, 0.4) is 0 Å². The molecule has 126 valence electrons. The van der Waals surface area contributed by atoms with Crippen LogP contribution in [0.5, 0.6) is 0 Å². The summed E-state index contributed by atoms with van der Waals surface area (Å²) < 4.78 is 0. The summed E-state index contributed by atoms with van der Waals surface area (Å²) in [6.07, 6.45) is 4.79. The van der Waals surface area contributed by atoms with E-state index in [2.05, 4.69) is 10.1 Å². The fourth-order valence-electron chi connectivity index (χ4n) is 3.81. The quantitative estimate of drug-likeness (QED) is 0.400. The Morgan fingerprint density at radius 3 is 2.87 bits per heavy atom. The second-order valence-electron chi connectivity index (χ2n) is 6.63. The SMILES string of the molecule is O=CBN1CCC[C@@H](NC(=O)[C@@H]2CC[C@@H]3CN2C(=O)N3O)CC1. The number of amides is 3. The number of carbonyl (C=O) groups is 3. The molecule has 0 aromatic heterocycles. The lowest BCUT2D eigenvalue weighted by atomic mass is 9.94. The first-order valence-electron chi connectivity index (χ1n) is 8.35. The fraction of sp³-hybridized carbons (Fsp3) is 0.786. The predicted molar refractivity (Wildman–Crippen MR) is 83.8 cm³/mol. The van der Waals surface area contributed by atoms with Crippen molar-refractivity contribution in [2.75, 3.05) is 19.6 Å². The first kappa shape index (κ1) is 16.3. The van der Waals surface area contributed by atoms with Crippen molar-refractivity contribution >= 4 is 25.5 Å². The summed E-state index contributed by atoms with van der Waals surface area (Å²) in [6, 6.07) is -1.04. The molecule has 0 radical (unpaired) electrons. The van der Waals surface area contributed by atoms with Crippen LogP contribution in [-0.2, 0) is 9.59 Å². The van der Waals surface area contributed by atoms with Gasteiger partial charge in [-0.25, -0.2) is 9.86 Å². The Kier molecular flexibility index (Phi) is 4.86. The Bertz CT molecular complexity index is 491. The molecule has 3 atom stereocenters. The van der Waals surface area contributed by atoms with Crippen LogP contribution in [0.15, 0.2) is 0 Å². The third-order valence-electron chi connectivity index (χ3n) is 5.15. The molecule has 0 aromatic rings. The zero-order valence-corrected chi connectivity index (χ0v) is 13.2. The smallest absolute Gasteiger partial charge is 0.344 e. The highest BCUT2D eigenvalue weighted by Crippen LogP contribution is 2.28. The van der Waals surface area contributed by atoms with Gasteiger partial charge in [0, 0.05) is 12.6 Å². The minimum absolute atomic E-state index is 0.0832.